The first-order chi connectivity index (χ1) is 20.2. The monoisotopic (exact) mass is 645 g/mol. The zero-order chi connectivity index (χ0) is 35.4. The van der Waals surface area contributed by atoms with Gasteiger partial charge in [0.05, 0.1) is 13.1 Å². The van der Waals surface area contributed by atoms with Gasteiger partial charge >= 0.3 is 23.9 Å². The van der Waals surface area contributed by atoms with E-state index in [9.17, 15) is 33.9 Å². The van der Waals surface area contributed by atoms with Crippen molar-refractivity contribution in [2.24, 2.45) is 0 Å². The van der Waals surface area contributed by atoms with Gasteiger partial charge in [0.1, 0.15) is 48.6 Å². The maximum absolute atomic E-state index is 13.5. The highest BCUT2D eigenvalue weighted by molar-refractivity contribution is 5.89. The van der Waals surface area contributed by atoms with Gasteiger partial charge in [0.2, 0.25) is 11.8 Å². The van der Waals surface area contributed by atoms with Gasteiger partial charge in [-0.3, -0.25) is 33.7 Å². The molecule has 1 N–H and O–H groups in total. The van der Waals surface area contributed by atoms with E-state index in [4.69, 9.17) is 18.9 Å². The quantitative estimate of drug-likeness (QED) is 0.202. The predicted octanol–water partition coefficient (Wildman–Crippen LogP) is 1.69. The summed E-state index contributed by atoms with van der Waals surface area (Å²) in [5.74, 6) is -4.39. The van der Waals surface area contributed by atoms with E-state index >= 15 is 0 Å². The summed E-state index contributed by atoms with van der Waals surface area (Å²) >= 11 is 0. The largest absolute Gasteiger partial charge is 0.459 e. The van der Waals surface area contributed by atoms with Crippen LogP contribution in [0.5, 0.6) is 0 Å². The Kier molecular flexibility index (Phi) is 16.2. The summed E-state index contributed by atoms with van der Waals surface area (Å²) in [6.07, 6.45) is 0.177. The molecule has 0 aliphatic rings. The van der Waals surface area contributed by atoms with E-state index in [1.54, 1.807) is 83.1 Å². The first-order valence-electron chi connectivity index (χ1n) is 15.0. The predicted molar refractivity (Wildman–Crippen MR) is 165 cm³/mol. The van der Waals surface area contributed by atoms with Crippen LogP contribution in [-0.2, 0) is 47.7 Å². The van der Waals surface area contributed by atoms with E-state index in [1.807, 2.05) is 0 Å². The van der Waals surface area contributed by atoms with Crippen molar-refractivity contribution in [3.8, 4) is 0 Å². The summed E-state index contributed by atoms with van der Waals surface area (Å²) in [6.45, 7) is 16.6. The molecule has 0 unspecified atom stereocenters. The second kappa shape index (κ2) is 17.4. The fourth-order valence-electron chi connectivity index (χ4n) is 3.67. The van der Waals surface area contributed by atoms with Gasteiger partial charge in [0.25, 0.3) is 0 Å². The number of rotatable bonds is 15. The van der Waals surface area contributed by atoms with Gasteiger partial charge in [-0.15, -0.1) is 0 Å². The Morgan fingerprint density at radius 3 is 0.911 bits per heavy atom. The lowest BCUT2D eigenvalue weighted by Gasteiger charge is -2.30. The van der Waals surface area contributed by atoms with Crippen LogP contribution in [-0.4, -0.2) is 130 Å². The van der Waals surface area contributed by atoms with Crippen molar-refractivity contribution in [3.05, 3.63) is 0 Å². The second-order valence-electron chi connectivity index (χ2n) is 14.6. The number of aliphatic hydroxyl groups excluding tert-OH is 1. The van der Waals surface area contributed by atoms with Gasteiger partial charge < -0.3 is 33.9 Å². The molecule has 45 heavy (non-hydrogen) atoms. The number of amides is 2. The Labute approximate surface area is 267 Å². The zero-order valence-electron chi connectivity index (χ0n) is 29.2. The zero-order valence-corrected chi connectivity index (χ0v) is 29.2. The third-order valence-electron chi connectivity index (χ3n) is 5.02. The molecule has 14 nitrogen and oxygen atoms in total. The topological polar surface area (TPSA) is 169 Å². The number of hydrogen-bond donors (Lipinski definition) is 1. The normalized spacial score (nSPS) is 12.3. The number of hydrogen-bond acceptors (Lipinski definition) is 12. The van der Waals surface area contributed by atoms with E-state index in [-0.39, 0.29) is 19.6 Å². The molecule has 260 valence electrons. The smallest absolute Gasteiger partial charge is 0.326 e. The molecule has 0 aliphatic carbocycles. The van der Waals surface area contributed by atoms with Crippen LogP contribution in [0.15, 0.2) is 0 Å². The van der Waals surface area contributed by atoms with Crippen molar-refractivity contribution in [2.45, 2.75) is 112 Å². The Morgan fingerprint density at radius 1 is 0.467 bits per heavy atom. The molecule has 0 saturated heterocycles. The molecule has 0 heterocycles. The average molecular weight is 646 g/mol. The lowest BCUT2D eigenvalue weighted by atomic mass is 10.2. The molecule has 2 amide bonds. The van der Waals surface area contributed by atoms with Crippen molar-refractivity contribution >= 4 is 35.7 Å². The van der Waals surface area contributed by atoms with E-state index in [0.717, 1.165) is 9.80 Å². The summed E-state index contributed by atoms with van der Waals surface area (Å²) in [4.78, 5) is 80.7. The lowest BCUT2D eigenvalue weighted by Crippen LogP contribution is -2.50. The summed E-state index contributed by atoms with van der Waals surface area (Å²) in [5, 5.41) is 9.45. The highest BCUT2D eigenvalue weighted by Crippen LogP contribution is 2.12. The molecule has 0 aromatic carbocycles. The van der Waals surface area contributed by atoms with Crippen LogP contribution < -0.4 is 0 Å². The van der Waals surface area contributed by atoms with Crippen molar-refractivity contribution in [1.82, 2.24) is 14.7 Å². The highest BCUT2D eigenvalue weighted by Gasteiger charge is 2.30. The fourth-order valence-corrected chi connectivity index (χ4v) is 3.67. The molecule has 0 saturated carbocycles. The summed E-state index contributed by atoms with van der Waals surface area (Å²) in [7, 11) is 0. The Morgan fingerprint density at radius 2 is 0.711 bits per heavy atom. The van der Waals surface area contributed by atoms with Gasteiger partial charge in [-0.25, -0.2) is 0 Å². The van der Waals surface area contributed by atoms with E-state index in [2.05, 4.69) is 0 Å². The van der Waals surface area contributed by atoms with Gasteiger partial charge in [0.15, 0.2) is 0 Å². The standard InChI is InChI=1S/C31H55N3O11/c1-28(2,3)42-24(38)18-33(19-25(39)43-29(4,5)6)22(36)16-32(14-13-15-35)17-23(37)34(20-26(40)44-30(7,8)9)21-27(41)45-31(10,11)12/h35H,13-21H2,1-12H3. The minimum Gasteiger partial charge on any atom is -0.459 e. The molecule has 0 spiro atoms. The van der Waals surface area contributed by atoms with Crippen LogP contribution in [0.3, 0.4) is 0 Å². The van der Waals surface area contributed by atoms with Crippen LogP contribution in [0.1, 0.15) is 89.5 Å². The number of esters is 4. The van der Waals surface area contributed by atoms with Crippen molar-refractivity contribution < 1.29 is 52.8 Å². The first-order valence-corrected chi connectivity index (χ1v) is 15.0. The number of nitrogens with zero attached hydrogens (tertiary/aromatic N) is 3. The molecule has 14 heteroatoms. The fraction of sp³-hybridized carbons (Fsp3) is 0.806. The van der Waals surface area contributed by atoms with Crippen molar-refractivity contribution in [3.63, 3.8) is 0 Å². The van der Waals surface area contributed by atoms with Gasteiger partial charge in [-0.2, -0.15) is 0 Å². The van der Waals surface area contributed by atoms with Crippen LogP contribution in [0.25, 0.3) is 0 Å². The molecule has 0 fully saturated rings. The van der Waals surface area contributed by atoms with Gasteiger partial charge in [-0.05, 0) is 89.5 Å². The number of ether oxygens (including phenoxy) is 4. The molecule has 0 rings (SSSR count). The third kappa shape index (κ3) is 22.0. The van der Waals surface area contributed by atoms with Crippen molar-refractivity contribution in [2.75, 3.05) is 52.4 Å². The SMILES string of the molecule is CC(C)(C)OC(=O)CN(CC(=O)OC(C)(C)C)C(=O)CN(CCCO)CC(=O)N(CC(=O)OC(C)(C)C)CC(=O)OC(C)(C)C. The second-order valence-corrected chi connectivity index (χ2v) is 14.6. The highest BCUT2D eigenvalue weighted by atomic mass is 16.6. The maximum Gasteiger partial charge on any atom is 0.326 e. The molecule has 0 bridgehead atoms. The maximum atomic E-state index is 13.5. The average Bonchev–Trinajstić information content (AvgIpc) is 2.76. The molecule has 0 radical (unpaired) electrons. The van der Waals surface area contributed by atoms with Gasteiger partial charge in [0, 0.05) is 13.2 Å². The first kappa shape index (κ1) is 41.7. The van der Waals surface area contributed by atoms with E-state index in [0.29, 0.717) is 0 Å². The van der Waals surface area contributed by atoms with E-state index < -0.39 is 97.4 Å². The Balaban J connectivity index is 6.09. The summed E-state index contributed by atoms with van der Waals surface area (Å²) < 4.78 is 21.3. The lowest BCUT2D eigenvalue weighted by molar-refractivity contribution is -0.164. The molecule has 0 aliphatic heterocycles. The molecule has 0 atom stereocenters. The summed E-state index contributed by atoms with van der Waals surface area (Å²) in [5.41, 5.74) is -3.38. The number of carbonyl (C=O) groups is 6. The van der Waals surface area contributed by atoms with Crippen LogP contribution in [0, 0.1) is 0 Å². The van der Waals surface area contributed by atoms with Crippen LogP contribution in [0.4, 0.5) is 0 Å². The Bertz CT molecular complexity index is 893. The van der Waals surface area contributed by atoms with Crippen molar-refractivity contribution in [1.29, 1.82) is 0 Å². The van der Waals surface area contributed by atoms with Crippen LogP contribution in [0.2, 0.25) is 0 Å². The Hall–Kier alpha value is -3.26. The molecule has 0 aromatic heterocycles. The molecular weight excluding hydrogens is 590 g/mol. The minimum atomic E-state index is -0.844. The number of aliphatic hydroxyl groups is 1. The third-order valence-corrected chi connectivity index (χ3v) is 5.02. The van der Waals surface area contributed by atoms with Gasteiger partial charge in [-0.1, -0.05) is 0 Å². The number of carbonyl (C=O) groups excluding carboxylic acids is 6. The molecule has 0 aromatic rings. The summed E-state index contributed by atoms with van der Waals surface area (Å²) in [6, 6.07) is 0. The minimum absolute atomic E-state index is 0.0629. The van der Waals surface area contributed by atoms with E-state index in [1.165, 1.54) is 4.90 Å². The molecular formula is C31H55N3O11. The van der Waals surface area contributed by atoms with Crippen LogP contribution >= 0.6 is 0 Å².